The maximum Gasteiger partial charge on any atom is 0.147 e. The molecular formula is C12H15Cl3N2. The molecule has 2 heterocycles. The van der Waals surface area contributed by atoms with Crippen molar-refractivity contribution in [1.29, 1.82) is 0 Å². The van der Waals surface area contributed by atoms with E-state index < -0.39 is 0 Å². The number of hydrogen-bond acceptors (Lipinski definition) is 2. The number of nitrogens with zero attached hydrogens (tertiary/aromatic N) is 2. The van der Waals surface area contributed by atoms with Crippen LogP contribution in [-0.4, -0.2) is 23.5 Å². The van der Waals surface area contributed by atoms with E-state index in [4.69, 9.17) is 34.8 Å². The quantitative estimate of drug-likeness (QED) is 0.759. The highest BCUT2D eigenvalue weighted by Crippen LogP contribution is 2.31. The SMILES string of the molecule is CC(Cl)C1CCN(c2ncc(Cl)cc2Cl)CC1. The van der Waals surface area contributed by atoms with Crippen LogP contribution in [0.5, 0.6) is 0 Å². The van der Waals surface area contributed by atoms with E-state index >= 15 is 0 Å². The van der Waals surface area contributed by atoms with E-state index in [1.54, 1.807) is 12.3 Å². The Kier molecular flexibility index (Phi) is 4.40. The molecule has 0 N–H and O–H groups in total. The Bertz CT molecular complexity index is 387. The van der Waals surface area contributed by atoms with Crippen molar-refractivity contribution in [3.63, 3.8) is 0 Å². The largest absolute Gasteiger partial charge is 0.355 e. The van der Waals surface area contributed by atoms with Crippen molar-refractivity contribution in [2.45, 2.75) is 25.1 Å². The number of rotatable bonds is 2. The van der Waals surface area contributed by atoms with Gasteiger partial charge in [-0.2, -0.15) is 0 Å². The average molecular weight is 294 g/mol. The molecule has 1 aliphatic rings. The van der Waals surface area contributed by atoms with Gasteiger partial charge in [-0.05, 0) is 31.7 Å². The van der Waals surface area contributed by atoms with Crippen molar-refractivity contribution in [3.8, 4) is 0 Å². The van der Waals surface area contributed by atoms with Crippen LogP contribution in [0.2, 0.25) is 10.0 Å². The summed E-state index contributed by atoms with van der Waals surface area (Å²) in [6.07, 6.45) is 3.82. The molecular weight excluding hydrogens is 279 g/mol. The summed E-state index contributed by atoms with van der Waals surface area (Å²) < 4.78 is 0. The summed E-state index contributed by atoms with van der Waals surface area (Å²) in [6, 6.07) is 1.74. The predicted molar refractivity (Wildman–Crippen MR) is 74.5 cm³/mol. The molecule has 1 aromatic rings. The second kappa shape index (κ2) is 5.64. The first kappa shape index (κ1) is 13.3. The van der Waals surface area contributed by atoms with E-state index in [2.05, 4.69) is 16.8 Å². The number of pyridine rings is 1. The Balaban J connectivity index is 2.05. The molecule has 1 atom stereocenters. The van der Waals surface area contributed by atoms with Crippen LogP contribution in [0.1, 0.15) is 19.8 Å². The van der Waals surface area contributed by atoms with Gasteiger partial charge in [0.1, 0.15) is 5.82 Å². The van der Waals surface area contributed by atoms with E-state index in [0.717, 1.165) is 31.7 Å². The number of piperidine rings is 1. The first-order chi connectivity index (χ1) is 8.08. The standard InChI is InChI=1S/C12H15Cl3N2/c1-8(13)9-2-4-17(5-3-9)12-11(15)6-10(14)7-16-12/h6-9H,2-5H2,1H3. The first-order valence-corrected chi connectivity index (χ1v) is 6.97. The molecule has 1 aliphatic heterocycles. The van der Waals surface area contributed by atoms with Gasteiger partial charge in [-0.1, -0.05) is 23.2 Å². The molecule has 0 aromatic carbocycles. The molecule has 0 spiro atoms. The van der Waals surface area contributed by atoms with Crippen LogP contribution < -0.4 is 4.90 Å². The van der Waals surface area contributed by atoms with Crippen molar-refractivity contribution < 1.29 is 0 Å². The summed E-state index contributed by atoms with van der Waals surface area (Å²) >= 11 is 18.1. The number of anilines is 1. The summed E-state index contributed by atoms with van der Waals surface area (Å²) in [6.45, 7) is 3.97. The molecule has 1 unspecified atom stereocenters. The van der Waals surface area contributed by atoms with Gasteiger partial charge in [-0.15, -0.1) is 11.6 Å². The van der Waals surface area contributed by atoms with Crippen molar-refractivity contribution >= 4 is 40.6 Å². The molecule has 5 heteroatoms. The summed E-state index contributed by atoms with van der Waals surface area (Å²) in [5, 5.41) is 1.43. The summed E-state index contributed by atoms with van der Waals surface area (Å²) in [7, 11) is 0. The second-order valence-corrected chi connectivity index (χ2v) is 5.99. The topological polar surface area (TPSA) is 16.1 Å². The van der Waals surface area contributed by atoms with Gasteiger partial charge in [0.25, 0.3) is 0 Å². The van der Waals surface area contributed by atoms with Gasteiger partial charge in [0.15, 0.2) is 0 Å². The smallest absolute Gasteiger partial charge is 0.147 e. The van der Waals surface area contributed by atoms with Crippen molar-refractivity contribution in [3.05, 3.63) is 22.3 Å². The van der Waals surface area contributed by atoms with E-state index in [1.807, 2.05) is 0 Å². The van der Waals surface area contributed by atoms with E-state index in [1.165, 1.54) is 0 Å². The molecule has 0 bridgehead atoms. The van der Waals surface area contributed by atoms with Gasteiger partial charge >= 0.3 is 0 Å². The van der Waals surface area contributed by atoms with Crippen LogP contribution in [0.25, 0.3) is 0 Å². The summed E-state index contributed by atoms with van der Waals surface area (Å²) in [5.41, 5.74) is 0. The van der Waals surface area contributed by atoms with Gasteiger partial charge in [0.05, 0.1) is 10.0 Å². The van der Waals surface area contributed by atoms with E-state index in [0.29, 0.717) is 16.0 Å². The Hall–Kier alpha value is -0.180. The van der Waals surface area contributed by atoms with Gasteiger partial charge < -0.3 is 4.90 Å². The molecule has 17 heavy (non-hydrogen) atoms. The Morgan fingerprint density at radius 1 is 1.35 bits per heavy atom. The molecule has 2 nitrogen and oxygen atoms in total. The number of hydrogen-bond donors (Lipinski definition) is 0. The van der Waals surface area contributed by atoms with Gasteiger partial charge in [-0.25, -0.2) is 4.98 Å². The molecule has 94 valence electrons. The van der Waals surface area contributed by atoms with Gasteiger partial charge in [0.2, 0.25) is 0 Å². The third-order valence-electron chi connectivity index (χ3n) is 3.28. The van der Waals surface area contributed by atoms with Crippen LogP contribution in [0, 0.1) is 5.92 Å². The molecule has 1 aromatic heterocycles. The third-order valence-corrected chi connectivity index (χ3v) is 4.12. The molecule has 0 aliphatic carbocycles. The zero-order chi connectivity index (χ0) is 12.4. The molecule has 1 saturated heterocycles. The lowest BCUT2D eigenvalue weighted by Gasteiger charge is -2.34. The van der Waals surface area contributed by atoms with E-state index in [-0.39, 0.29) is 5.38 Å². The predicted octanol–water partition coefficient (Wildman–Crippen LogP) is 4.23. The Labute approximate surface area is 117 Å². The number of aromatic nitrogens is 1. The summed E-state index contributed by atoms with van der Waals surface area (Å²) in [5.74, 6) is 1.43. The highest BCUT2D eigenvalue weighted by molar-refractivity contribution is 6.36. The maximum atomic E-state index is 6.15. The molecule has 2 rings (SSSR count). The Morgan fingerprint density at radius 3 is 2.53 bits per heavy atom. The lowest BCUT2D eigenvalue weighted by molar-refractivity contribution is 0.399. The van der Waals surface area contributed by atoms with E-state index in [9.17, 15) is 0 Å². The summed E-state index contributed by atoms with van der Waals surface area (Å²) in [4.78, 5) is 6.50. The number of halogens is 3. The van der Waals surface area contributed by atoms with Crippen LogP contribution >= 0.6 is 34.8 Å². The lowest BCUT2D eigenvalue weighted by atomic mass is 9.94. The normalized spacial score (nSPS) is 19.4. The van der Waals surface area contributed by atoms with Gasteiger partial charge in [0, 0.05) is 24.7 Å². The van der Waals surface area contributed by atoms with Crippen molar-refractivity contribution in [2.75, 3.05) is 18.0 Å². The zero-order valence-electron chi connectivity index (χ0n) is 9.67. The maximum absolute atomic E-state index is 6.15. The minimum atomic E-state index is 0.241. The fraction of sp³-hybridized carbons (Fsp3) is 0.583. The minimum Gasteiger partial charge on any atom is -0.355 e. The Morgan fingerprint density at radius 2 is 2.00 bits per heavy atom. The average Bonchev–Trinajstić information content (AvgIpc) is 2.29. The molecule has 0 radical (unpaired) electrons. The van der Waals surface area contributed by atoms with Crippen LogP contribution in [0.4, 0.5) is 5.82 Å². The number of alkyl halides is 1. The highest BCUT2D eigenvalue weighted by atomic mass is 35.5. The van der Waals surface area contributed by atoms with Crippen LogP contribution in [-0.2, 0) is 0 Å². The third kappa shape index (κ3) is 3.18. The second-order valence-electron chi connectivity index (χ2n) is 4.46. The van der Waals surface area contributed by atoms with Crippen LogP contribution in [0.3, 0.4) is 0 Å². The lowest BCUT2D eigenvalue weighted by Crippen LogP contribution is -2.36. The minimum absolute atomic E-state index is 0.241. The van der Waals surface area contributed by atoms with Crippen LogP contribution in [0.15, 0.2) is 12.3 Å². The highest BCUT2D eigenvalue weighted by Gasteiger charge is 2.24. The van der Waals surface area contributed by atoms with Gasteiger partial charge in [-0.3, -0.25) is 0 Å². The fourth-order valence-corrected chi connectivity index (χ4v) is 2.96. The fourth-order valence-electron chi connectivity index (χ4n) is 2.21. The molecule has 0 saturated carbocycles. The van der Waals surface area contributed by atoms with Crippen molar-refractivity contribution in [1.82, 2.24) is 4.98 Å². The monoisotopic (exact) mass is 292 g/mol. The molecule has 0 amide bonds. The first-order valence-electron chi connectivity index (χ1n) is 5.78. The zero-order valence-corrected chi connectivity index (χ0v) is 11.9. The molecule has 1 fully saturated rings. The van der Waals surface area contributed by atoms with Crippen molar-refractivity contribution in [2.24, 2.45) is 5.92 Å².